The zero-order valence-electron chi connectivity index (χ0n) is 19.7. The van der Waals surface area contributed by atoms with E-state index in [-0.39, 0.29) is 31.3 Å². The first-order valence-electron chi connectivity index (χ1n) is 11.5. The van der Waals surface area contributed by atoms with Crippen molar-refractivity contribution in [1.29, 1.82) is 0 Å². The minimum atomic E-state index is -1.16. The zero-order valence-corrected chi connectivity index (χ0v) is 20.5. The van der Waals surface area contributed by atoms with Crippen LogP contribution in [-0.4, -0.2) is 46.9 Å². The molecule has 2 aliphatic rings. The van der Waals surface area contributed by atoms with Crippen molar-refractivity contribution >= 4 is 28.3 Å². The van der Waals surface area contributed by atoms with Gasteiger partial charge in [0.2, 0.25) is 5.91 Å². The van der Waals surface area contributed by atoms with E-state index in [1.54, 1.807) is 19.2 Å². The van der Waals surface area contributed by atoms with E-state index < -0.39 is 28.8 Å². The van der Waals surface area contributed by atoms with Crippen molar-refractivity contribution in [2.75, 3.05) is 19.0 Å². The molecule has 3 N–H and O–H groups in total. The molecule has 184 valence electrons. The van der Waals surface area contributed by atoms with Crippen molar-refractivity contribution in [3.8, 4) is 5.75 Å². The number of benzene rings is 1. The van der Waals surface area contributed by atoms with Gasteiger partial charge in [0.1, 0.15) is 5.75 Å². The molecule has 0 aliphatic heterocycles. The number of hydrogen-bond donors (Lipinski definition) is 3. The Morgan fingerprint density at radius 1 is 1.29 bits per heavy atom. The summed E-state index contributed by atoms with van der Waals surface area (Å²) in [5, 5.41) is 36.0. The summed E-state index contributed by atoms with van der Waals surface area (Å²) < 4.78 is 5.15. The molecule has 0 spiro atoms. The Morgan fingerprint density at radius 3 is 2.62 bits per heavy atom. The lowest BCUT2D eigenvalue weighted by molar-refractivity contribution is -0.307. The fraction of sp³-hybridized carbons (Fsp3) is 0.560. The molecule has 1 aromatic heterocycles. The summed E-state index contributed by atoms with van der Waals surface area (Å²) in [6, 6.07) is 7.25. The molecule has 34 heavy (non-hydrogen) atoms. The predicted octanol–water partition coefficient (Wildman–Crippen LogP) is 1.89. The average Bonchev–Trinajstić information content (AvgIpc) is 3.20. The van der Waals surface area contributed by atoms with Crippen LogP contribution in [0.4, 0.5) is 5.13 Å². The molecule has 1 saturated carbocycles. The summed E-state index contributed by atoms with van der Waals surface area (Å²) in [5.74, 6) is -1.22. The minimum Gasteiger partial charge on any atom is -0.550 e. The molecule has 9 heteroatoms. The molecule has 0 radical (unpaired) electrons. The third-order valence-electron chi connectivity index (χ3n) is 8.03. The number of carbonyl (C=O) groups is 2. The van der Waals surface area contributed by atoms with E-state index in [0.29, 0.717) is 35.8 Å². The molecule has 0 saturated heterocycles. The maximum Gasteiger partial charge on any atom is 0.230 e. The van der Waals surface area contributed by atoms with Crippen molar-refractivity contribution in [1.82, 2.24) is 4.98 Å². The number of rotatable bonds is 7. The van der Waals surface area contributed by atoms with Crippen molar-refractivity contribution in [3.63, 3.8) is 0 Å². The number of carbonyl (C=O) groups excluding carboxylic acids is 2. The number of aliphatic carboxylic acids is 1. The topological polar surface area (TPSA) is 132 Å². The first kappa shape index (κ1) is 24.6. The maximum absolute atomic E-state index is 12.7. The van der Waals surface area contributed by atoms with Gasteiger partial charge in [0.25, 0.3) is 0 Å². The molecule has 0 bridgehead atoms. The monoisotopic (exact) mass is 487 g/mol. The summed E-state index contributed by atoms with van der Waals surface area (Å²) >= 11 is 1.34. The van der Waals surface area contributed by atoms with Gasteiger partial charge in [-0.25, -0.2) is 4.98 Å². The number of hydrogen-bond acceptors (Lipinski definition) is 8. The number of ether oxygens (including phenoxy) is 1. The van der Waals surface area contributed by atoms with Gasteiger partial charge >= 0.3 is 0 Å². The molecule has 2 aromatic rings. The number of carboxylic acids is 1. The third-order valence-corrected chi connectivity index (χ3v) is 9.04. The van der Waals surface area contributed by atoms with Gasteiger partial charge < -0.3 is 30.2 Å². The Labute approximate surface area is 203 Å². The SMILES string of the molecule is COc1ccc(CC(=O)Nc2nc3c(s2)C[C@@H]2[C@](C)(CO)[C@H](O)CC[C@@]2(C)[C@@H]3CC(=O)[O-])cc1. The Morgan fingerprint density at radius 2 is 2.00 bits per heavy atom. The standard InChI is InChI=1S/C25H32N2O6S/c1-24-9-8-19(29)25(2,13-28)18(24)12-17-22(16(24)11-21(31)32)27-23(34-17)26-20(30)10-14-4-6-15(33-3)7-5-14/h4-7,16,18-19,28-29H,8-13H2,1-3H3,(H,31,32)(H,26,27,30)/p-1/t16-,18+,19-,24+,25+/m1/s1. The number of nitrogens with zero attached hydrogens (tertiary/aromatic N) is 1. The Balaban J connectivity index is 1.61. The van der Waals surface area contributed by atoms with Gasteiger partial charge in [0.05, 0.1) is 31.9 Å². The molecule has 1 heterocycles. The van der Waals surface area contributed by atoms with Crippen LogP contribution in [0.1, 0.15) is 55.2 Å². The largest absolute Gasteiger partial charge is 0.550 e. The number of thiazole rings is 1. The average molecular weight is 488 g/mol. The van der Waals surface area contributed by atoms with E-state index in [1.807, 2.05) is 26.0 Å². The van der Waals surface area contributed by atoms with E-state index in [2.05, 4.69) is 10.3 Å². The summed E-state index contributed by atoms with van der Waals surface area (Å²) in [6.45, 7) is 3.72. The highest BCUT2D eigenvalue weighted by Gasteiger charge is 2.58. The van der Waals surface area contributed by atoms with Gasteiger partial charge in [-0.2, -0.15) is 0 Å². The second-order valence-electron chi connectivity index (χ2n) is 10.0. The van der Waals surface area contributed by atoms with Crippen molar-refractivity contribution in [2.24, 2.45) is 16.7 Å². The molecular weight excluding hydrogens is 456 g/mol. The van der Waals surface area contributed by atoms with Crippen LogP contribution in [0.2, 0.25) is 0 Å². The molecule has 2 aliphatic carbocycles. The number of aromatic nitrogens is 1. The van der Waals surface area contributed by atoms with Crippen LogP contribution < -0.4 is 15.2 Å². The summed E-state index contributed by atoms with van der Waals surface area (Å²) in [5.41, 5.74) is 0.295. The fourth-order valence-corrected chi connectivity index (χ4v) is 7.04. The Hall–Kier alpha value is -2.49. The van der Waals surface area contributed by atoms with Crippen molar-refractivity contribution < 1.29 is 29.6 Å². The highest BCUT2D eigenvalue weighted by Crippen LogP contribution is 2.62. The van der Waals surface area contributed by atoms with E-state index in [9.17, 15) is 24.9 Å². The summed E-state index contributed by atoms with van der Waals surface area (Å²) in [4.78, 5) is 29.9. The Kier molecular flexibility index (Phi) is 6.72. The molecule has 1 fully saturated rings. The van der Waals surface area contributed by atoms with Gasteiger partial charge in [0.15, 0.2) is 5.13 Å². The van der Waals surface area contributed by atoms with Crippen LogP contribution in [0.3, 0.4) is 0 Å². The van der Waals surface area contributed by atoms with E-state index >= 15 is 0 Å². The Bertz CT molecular complexity index is 1070. The number of anilines is 1. The first-order chi connectivity index (χ1) is 16.1. The second kappa shape index (κ2) is 9.28. The van der Waals surface area contributed by atoms with Gasteiger partial charge in [0, 0.05) is 22.2 Å². The van der Waals surface area contributed by atoms with E-state index in [0.717, 1.165) is 10.4 Å². The highest BCUT2D eigenvalue weighted by molar-refractivity contribution is 7.15. The number of fused-ring (bicyclic) bond motifs is 2. The van der Waals surface area contributed by atoms with Gasteiger partial charge in [-0.1, -0.05) is 26.0 Å². The number of methoxy groups -OCH3 is 1. The number of nitrogens with one attached hydrogen (secondary N) is 1. The zero-order chi connectivity index (χ0) is 24.7. The number of carboxylic acid groups (broad SMARTS) is 1. The quantitative estimate of drug-likeness (QED) is 0.543. The number of aliphatic hydroxyl groups is 2. The fourth-order valence-electron chi connectivity index (χ4n) is 5.96. The molecular formula is C25H31N2O6S-. The molecule has 8 nitrogen and oxygen atoms in total. The van der Waals surface area contributed by atoms with Gasteiger partial charge in [-0.15, -0.1) is 11.3 Å². The summed E-state index contributed by atoms with van der Waals surface area (Å²) in [6.07, 6.45) is 0.987. The lowest BCUT2D eigenvalue weighted by Gasteiger charge is -2.58. The molecule has 1 aromatic carbocycles. The molecule has 0 unspecified atom stereocenters. The van der Waals surface area contributed by atoms with Crippen LogP contribution in [-0.2, 0) is 22.4 Å². The van der Waals surface area contributed by atoms with Gasteiger partial charge in [-0.05, 0) is 54.7 Å². The van der Waals surface area contributed by atoms with Gasteiger partial charge in [-0.3, -0.25) is 4.79 Å². The maximum atomic E-state index is 12.7. The third kappa shape index (κ3) is 4.32. The van der Waals surface area contributed by atoms with Crippen LogP contribution in [0.15, 0.2) is 24.3 Å². The summed E-state index contributed by atoms with van der Waals surface area (Å²) in [7, 11) is 1.58. The smallest absolute Gasteiger partial charge is 0.230 e. The first-order valence-corrected chi connectivity index (χ1v) is 12.3. The number of amides is 1. The molecule has 1 amide bonds. The lowest BCUT2D eigenvalue weighted by Crippen LogP contribution is -2.57. The number of aliphatic hydroxyl groups excluding tert-OH is 2. The highest BCUT2D eigenvalue weighted by atomic mass is 32.1. The van der Waals surface area contributed by atoms with Crippen LogP contribution in [0.25, 0.3) is 0 Å². The lowest BCUT2D eigenvalue weighted by atomic mass is 9.47. The van der Waals surface area contributed by atoms with E-state index in [1.165, 1.54) is 11.3 Å². The molecule has 4 rings (SSSR count). The van der Waals surface area contributed by atoms with E-state index in [4.69, 9.17) is 4.74 Å². The van der Waals surface area contributed by atoms with Crippen molar-refractivity contribution in [2.45, 2.75) is 58.0 Å². The van der Waals surface area contributed by atoms with Crippen LogP contribution in [0.5, 0.6) is 5.75 Å². The molecule has 5 atom stereocenters. The second-order valence-corrected chi connectivity index (χ2v) is 11.1. The normalized spacial score (nSPS) is 30.2. The minimum absolute atomic E-state index is 0.131. The van der Waals surface area contributed by atoms with Crippen LogP contribution >= 0.6 is 11.3 Å². The van der Waals surface area contributed by atoms with Crippen LogP contribution in [0, 0.1) is 16.7 Å². The van der Waals surface area contributed by atoms with Crippen molar-refractivity contribution in [3.05, 3.63) is 40.4 Å². The predicted molar refractivity (Wildman–Crippen MR) is 126 cm³/mol.